The fourth-order valence-electron chi connectivity index (χ4n) is 2.79. The molecule has 0 aliphatic carbocycles. The van der Waals surface area contributed by atoms with E-state index in [4.69, 9.17) is 15.2 Å². The quantitative estimate of drug-likeness (QED) is 0.875. The van der Waals surface area contributed by atoms with E-state index in [9.17, 15) is 12.8 Å². The third kappa shape index (κ3) is 3.59. The zero-order chi connectivity index (χ0) is 17.2. The molecule has 0 spiro atoms. The number of halogens is 1. The van der Waals surface area contributed by atoms with Crippen LogP contribution in [0.3, 0.4) is 0 Å². The second-order valence-corrected chi connectivity index (χ2v) is 7.67. The minimum absolute atomic E-state index is 0.0710. The van der Waals surface area contributed by atoms with Crippen LogP contribution in [0.4, 0.5) is 4.39 Å². The van der Waals surface area contributed by atoms with Crippen molar-refractivity contribution in [2.75, 3.05) is 27.3 Å². The molecule has 2 unspecified atom stereocenters. The van der Waals surface area contributed by atoms with Gasteiger partial charge in [0.15, 0.2) is 11.5 Å². The molecule has 0 saturated carbocycles. The highest BCUT2D eigenvalue weighted by Gasteiger charge is 2.34. The van der Waals surface area contributed by atoms with Gasteiger partial charge in [0.05, 0.1) is 14.2 Å². The number of piperidine rings is 1. The molecule has 0 aromatic heterocycles. The van der Waals surface area contributed by atoms with Gasteiger partial charge in [0.2, 0.25) is 10.0 Å². The number of hydrogen-bond donors (Lipinski definition) is 1. The highest BCUT2D eigenvalue weighted by atomic mass is 32.2. The smallest absolute Gasteiger partial charge is 0.246 e. The number of hydrogen-bond acceptors (Lipinski definition) is 5. The zero-order valence-electron chi connectivity index (χ0n) is 13.6. The molecule has 1 aliphatic rings. The van der Waals surface area contributed by atoms with E-state index >= 15 is 0 Å². The van der Waals surface area contributed by atoms with Crippen molar-refractivity contribution in [3.05, 3.63) is 17.9 Å². The van der Waals surface area contributed by atoms with Crippen molar-refractivity contribution in [3.63, 3.8) is 0 Å². The number of methoxy groups -OCH3 is 2. The third-order valence-electron chi connectivity index (χ3n) is 4.22. The van der Waals surface area contributed by atoms with Crippen LogP contribution < -0.4 is 15.2 Å². The molecule has 8 heteroatoms. The normalized spacial score (nSPS) is 21.0. The summed E-state index contributed by atoms with van der Waals surface area (Å²) in [5.41, 5.74) is 5.89. The predicted octanol–water partition coefficient (Wildman–Crippen LogP) is 1.59. The lowest BCUT2D eigenvalue weighted by Crippen LogP contribution is -2.45. The van der Waals surface area contributed by atoms with Crippen molar-refractivity contribution in [3.8, 4) is 11.5 Å². The molecule has 23 heavy (non-hydrogen) atoms. The molecule has 1 saturated heterocycles. The Morgan fingerprint density at radius 2 is 1.91 bits per heavy atom. The van der Waals surface area contributed by atoms with Crippen molar-refractivity contribution in [2.45, 2.75) is 30.7 Å². The van der Waals surface area contributed by atoms with Crippen LogP contribution in [0.15, 0.2) is 17.0 Å². The monoisotopic (exact) mass is 346 g/mol. The van der Waals surface area contributed by atoms with Crippen LogP contribution in [0.5, 0.6) is 11.5 Å². The fraction of sp³-hybridized carbons (Fsp3) is 0.600. The van der Waals surface area contributed by atoms with Crippen molar-refractivity contribution in [1.29, 1.82) is 0 Å². The first kappa shape index (κ1) is 18.0. The number of sulfonamides is 1. The standard InChI is InChI=1S/C15H23FN2O4S/c1-10(17)11-5-4-6-18(9-11)23(19,20)15-8-14(22-3)13(21-2)7-12(15)16/h7-8,10-11H,4-6,9,17H2,1-3H3. The van der Waals surface area contributed by atoms with Gasteiger partial charge >= 0.3 is 0 Å². The van der Waals surface area contributed by atoms with Gasteiger partial charge in [-0.05, 0) is 25.7 Å². The highest BCUT2D eigenvalue weighted by Crippen LogP contribution is 2.34. The Balaban J connectivity index is 2.39. The zero-order valence-corrected chi connectivity index (χ0v) is 14.4. The minimum Gasteiger partial charge on any atom is -0.493 e. The van der Waals surface area contributed by atoms with E-state index in [2.05, 4.69) is 0 Å². The minimum atomic E-state index is -3.95. The molecule has 1 aromatic rings. The van der Waals surface area contributed by atoms with Crippen LogP contribution in [-0.4, -0.2) is 46.1 Å². The Labute approximate surface area is 136 Å². The van der Waals surface area contributed by atoms with Crippen molar-refractivity contribution < 1.29 is 22.3 Å². The fourth-order valence-corrected chi connectivity index (χ4v) is 4.39. The first-order chi connectivity index (χ1) is 10.8. The second-order valence-electron chi connectivity index (χ2n) is 5.76. The summed E-state index contributed by atoms with van der Waals surface area (Å²) in [7, 11) is -1.21. The van der Waals surface area contributed by atoms with Gasteiger partial charge < -0.3 is 15.2 Å². The average molecular weight is 346 g/mol. The Morgan fingerprint density at radius 1 is 1.30 bits per heavy atom. The van der Waals surface area contributed by atoms with Crippen LogP contribution >= 0.6 is 0 Å². The van der Waals surface area contributed by atoms with E-state index in [1.807, 2.05) is 6.92 Å². The molecule has 2 N–H and O–H groups in total. The molecule has 6 nitrogen and oxygen atoms in total. The van der Waals surface area contributed by atoms with E-state index in [0.29, 0.717) is 19.5 Å². The van der Waals surface area contributed by atoms with E-state index in [0.717, 1.165) is 12.5 Å². The molecule has 1 aromatic carbocycles. The Hall–Kier alpha value is -1.38. The molecule has 1 fully saturated rings. The summed E-state index contributed by atoms with van der Waals surface area (Å²) in [4.78, 5) is -0.402. The molecule has 1 heterocycles. The molecule has 0 bridgehead atoms. The molecule has 2 atom stereocenters. The maximum Gasteiger partial charge on any atom is 0.246 e. The largest absolute Gasteiger partial charge is 0.493 e. The summed E-state index contributed by atoms with van der Waals surface area (Å²) < 4.78 is 51.2. The Morgan fingerprint density at radius 3 is 2.48 bits per heavy atom. The van der Waals surface area contributed by atoms with E-state index in [-0.39, 0.29) is 23.5 Å². The lowest BCUT2D eigenvalue weighted by atomic mass is 9.93. The Bertz CT molecular complexity index is 664. The molecule has 130 valence electrons. The van der Waals surface area contributed by atoms with Crippen LogP contribution in [0.25, 0.3) is 0 Å². The lowest BCUT2D eigenvalue weighted by Gasteiger charge is -2.33. The number of ether oxygens (including phenoxy) is 2. The van der Waals surface area contributed by atoms with E-state index < -0.39 is 20.7 Å². The Kier molecular flexibility index (Phi) is 5.49. The van der Waals surface area contributed by atoms with Gasteiger partial charge in [0, 0.05) is 31.3 Å². The van der Waals surface area contributed by atoms with Gasteiger partial charge in [-0.25, -0.2) is 12.8 Å². The third-order valence-corrected chi connectivity index (χ3v) is 6.10. The summed E-state index contributed by atoms with van der Waals surface area (Å²) in [5.74, 6) is -0.462. The highest BCUT2D eigenvalue weighted by molar-refractivity contribution is 7.89. The summed E-state index contributed by atoms with van der Waals surface area (Å²) in [6.45, 7) is 2.52. The molecule has 2 rings (SSSR count). The van der Waals surface area contributed by atoms with Crippen LogP contribution in [0.2, 0.25) is 0 Å². The first-order valence-electron chi connectivity index (χ1n) is 7.48. The summed E-state index contributed by atoms with van der Waals surface area (Å²) in [6.07, 6.45) is 1.58. The maximum atomic E-state index is 14.3. The molecular formula is C15H23FN2O4S. The van der Waals surface area contributed by atoms with Crippen LogP contribution in [0.1, 0.15) is 19.8 Å². The summed E-state index contributed by atoms with van der Waals surface area (Å²) in [6, 6.07) is 2.08. The molecule has 0 radical (unpaired) electrons. The SMILES string of the molecule is COc1cc(F)c(S(=O)(=O)N2CCCC(C(C)N)C2)cc1OC. The predicted molar refractivity (Wildman–Crippen MR) is 84.6 cm³/mol. The average Bonchev–Trinajstić information content (AvgIpc) is 2.54. The maximum absolute atomic E-state index is 14.3. The van der Waals surface area contributed by atoms with Crippen molar-refractivity contribution in [1.82, 2.24) is 4.31 Å². The molecule has 1 aliphatic heterocycles. The van der Waals surface area contributed by atoms with E-state index in [1.54, 1.807) is 0 Å². The number of nitrogens with zero attached hydrogens (tertiary/aromatic N) is 1. The second kappa shape index (κ2) is 7.02. The summed E-state index contributed by atoms with van der Waals surface area (Å²) in [5, 5.41) is 0. The molecular weight excluding hydrogens is 323 g/mol. The van der Waals surface area contributed by atoms with Crippen LogP contribution in [-0.2, 0) is 10.0 Å². The van der Waals surface area contributed by atoms with E-state index in [1.165, 1.54) is 24.6 Å². The van der Waals surface area contributed by atoms with Gasteiger partial charge in [-0.2, -0.15) is 4.31 Å². The van der Waals surface area contributed by atoms with Crippen molar-refractivity contribution in [2.24, 2.45) is 11.7 Å². The number of rotatable bonds is 5. The van der Waals surface area contributed by atoms with Gasteiger partial charge in [-0.3, -0.25) is 0 Å². The van der Waals surface area contributed by atoms with Gasteiger partial charge in [0.1, 0.15) is 10.7 Å². The number of benzene rings is 1. The van der Waals surface area contributed by atoms with Gasteiger partial charge in [0.25, 0.3) is 0 Å². The summed E-state index contributed by atoms with van der Waals surface area (Å²) >= 11 is 0. The molecule has 0 amide bonds. The van der Waals surface area contributed by atoms with Gasteiger partial charge in [-0.15, -0.1) is 0 Å². The first-order valence-corrected chi connectivity index (χ1v) is 8.92. The van der Waals surface area contributed by atoms with Gasteiger partial charge in [-0.1, -0.05) is 0 Å². The number of nitrogens with two attached hydrogens (primary N) is 1. The van der Waals surface area contributed by atoms with Crippen molar-refractivity contribution >= 4 is 10.0 Å². The van der Waals surface area contributed by atoms with Crippen LogP contribution in [0, 0.1) is 11.7 Å². The topological polar surface area (TPSA) is 81.9 Å². The lowest BCUT2D eigenvalue weighted by molar-refractivity contribution is 0.242.